The van der Waals surface area contributed by atoms with Crippen LogP contribution >= 0.6 is 0 Å². The Morgan fingerprint density at radius 2 is 2.05 bits per heavy atom. The lowest BCUT2D eigenvalue weighted by Crippen LogP contribution is -2.31. The summed E-state index contributed by atoms with van der Waals surface area (Å²) in [5, 5.41) is 3.39. The van der Waals surface area contributed by atoms with E-state index < -0.39 is 0 Å². The van der Waals surface area contributed by atoms with E-state index in [1.54, 1.807) is 0 Å². The molecular weight excluding hydrogens is 236 g/mol. The van der Waals surface area contributed by atoms with Gasteiger partial charge in [-0.1, -0.05) is 20.8 Å². The highest BCUT2D eigenvalue weighted by molar-refractivity contribution is 5.20. The van der Waals surface area contributed by atoms with Gasteiger partial charge in [-0.2, -0.15) is 0 Å². The minimum atomic E-state index is 0.626. The van der Waals surface area contributed by atoms with Crippen molar-refractivity contribution in [1.82, 2.24) is 10.2 Å². The van der Waals surface area contributed by atoms with Crippen LogP contribution < -0.4 is 5.32 Å². The van der Waals surface area contributed by atoms with E-state index in [0.717, 1.165) is 44.1 Å². The molecule has 0 spiro atoms. The van der Waals surface area contributed by atoms with Crippen molar-refractivity contribution in [3.8, 4) is 0 Å². The average Bonchev–Trinajstić information content (AvgIpc) is 2.75. The van der Waals surface area contributed by atoms with Crippen molar-refractivity contribution in [3.63, 3.8) is 0 Å². The van der Waals surface area contributed by atoms with Crippen molar-refractivity contribution >= 4 is 0 Å². The number of furan rings is 1. The van der Waals surface area contributed by atoms with E-state index in [2.05, 4.69) is 50.9 Å². The SMILES string of the molecule is CCCNCc1cc(CN(CC)C(C)CC)c(C)o1. The predicted octanol–water partition coefficient (Wildman–Crippen LogP) is 3.71. The first-order chi connectivity index (χ1) is 9.12. The van der Waals surface area contributed by atoms with E-state index in [1.165, 1.54) is 12.0 Å². The fourth-order valence-electron chi connectivity index (χ4n) is 2.28. The lowest BCUT2D eigenvalue weighted by molar-refractivity contribution is 0.205. The molecule has 0 fully saturated rings. The fourth-order valence-corrected chi connectivity index (χ4v) is 2.28. The standard InChI is InChI=1S/C16H30N2O/c1-6-9-17-11-16-10-15(14(5)19-16)12-18(8-3)13(4)7-2/h10,13,17H,6-9,11-12H2,1-5H3. The highest BCUT2D eigenvalue weighted by atomic mass is 16.3. The molecule has 0 radical (unpaired) electrons. The Balaban J connectivity index is 2.62. The van der Waals surface area contributed by atoms with E-state index in [4.69, 9.17) is 4.42 Å². The molecule has 0 bridgehead atoms. The Bertz CT molecular complexity index is 360. The van der Waals surface area contributed by atoms with Crippen molar-refractivity contribution < 1.29 is 4.42 Å². The maximum absolute atomic E-state index is 5.83. The van der Waals surface area contributed by atoms with Gasteiger partial charge in [0.15, 0.2) is 0 Å². The van der Waals surface area contributed by atoms with Gasteiger partial charge < -0.3 is 9.73 Å². The predicted molar refractivity (Wildman–Crippen MR) is 81.3 cm³/mol. The number of nitrogens with zero attached hydrogens (tertiary/aromatic N) is 1. The first kappa shape index (κ1) is 16.3. The lowest BCUT2D eigenvalue weighted by Gasteiger charge is -2.26. The topological polar surface area (TPSA) is 28.4 Å². The zero-order valence-electron chi connectivity index (χ0n) is 13.3. The van der Waals surface area contributed by atoms with E-state index in [0.29, 0.717) is 6.04 Å². The third-order valence-corrected chi connectivity index (χ3v) is 3.79. The molecular formula is C16H30N2O. The van der Waals surface area contributed by atoms with E-state index >= 15 is 0 Å². The summed E-state index contributed by atoms with van der Waals surface area (Å²) in [4.78, 5) is 2.50. The quantitative estimate of drug-likeness (QED) is 0.691. The second-order valence-corrected chi connectivity index (χ2v) is 5.29. The number of hydrogen-bond acceptors (Lipinski definition) is 3. The molecule has 1 aromatic rings. The minimum absolute atomic E-state index is 0.626. The average molecular weight is 266 g/mol. The van der Waals surface area contributed by atoms with Gasteiger partial charge in [0.25, 0.3) is 0 Å². The molecule has 19 heavy (non-hydrogen) atoms. The molecule has 3 nitrogen and oxygen atoms in total. The molecule has 0 aliphatic rings. The maximum Gasteiger partial charge on any atom is 0.118 e. The van der Waals surface area contributed by atoms with E-state index in [1.807, 2.05) is 0 Å². The van der Waals surface area contributed by atoms with E-state index in [-0.39, 0.29) is 0 Å². The van der Waals surface area contributed by atoms with Crippen LogP contribution in [-0.4, -0.2) is 24.0 Å². The summed E-state index contributed by atoms with van der Waals surface area (Å²) < 4.78 is 5.83. The molecule has 0 aromatic carbocycles. The van der Waals surface area contributed by atoms with E-state index in [9.17, 15) is 0 Å². The molecule has 0 aliphatic heterocycles. The van der Waals surface area contributed by atoms with Gasteiger partial charge >= 0.3 is 0 Å². The molecule has 1 aromatic heterocycles. The van der Waals surface area contributed by atoms with Crippen LogP contribution in [0.5, 0.6) is 0 Å². The molecule has 1 heterocycles. The van der Waals surface area contributed by atoms with Crippen LogP contribution in [0.1, 0.15) is 57.6 Å². The number of hydrogen-bond donors (Lipinski definition) is 1. The molecule has 1 rings (SSSR count). The summed E-state index contributed by atoms with van der Waals surface area (Å²) >= 11 is 0. The summed E-state index contributed by atoms with van der Waals surface area (Å²) in [7, 11) is 0. The van der Waals surface area contributed by atoms with Gasteiger partial charge in [0.05, 0.1) is 6.54 Å². The summed E-state index contributed by atoms with van der Waals surface area (Å²) in [5.74, 6) is 2.12. The van der Waals surface area contributed by atoms with Gasteiger partial charge in [-0.05, 0) is 45.8 Å². The highest BCUT2D eigenvalue weighted by Crippen LogP contribution is 2.18. The molecule has 1 N–H and O–H groups in total. The Hall–Kier alpha value is -0.800. The number of aryl methyl sites for hydroxylation is 1. The van der Waals surface area contributed by atoms with Crippen LogP contribution in [0.25, 0.3) is 0 Å². The van der Waals surface area contributed by atoms with Crippen LogP contribution in [-0.2, 0) is 13.1 Å². The first-order valence-corrected chi connectivity index (χ1v) is 7.65. The molecule has 0 saturated carbocycles. The zero-order chi connectivity index (χ0) is 14.3. The molecule has 0 amide bonds. The maximum atomic E-state index is 5.83. The summed E-state index contributed by atoms with van der Waals surface area (Å²) in [6.07, 6.45) is 2.35. The minimum Gasteiger partial charge on any atom is -0.465 e. The highest BCUT2D eigenvalue weighted by Gasteiger charge is 2.14. The third-order valence-electron chi connectivity index (χ3n) is 3.79. The van der Waals surface area contributed by atoms with Gasteiger partial charge in [0, 0.05) is 18.2 Å². The van der Waals surface area contributed by atoms with Crippen molar-refractivity contribution in [2.45, 2.75) is 66.6 Å². The Labute approximate surface area is 118 Å². The van der Waals surface area contributed by atoms with Crippen LogP contribution in [0.3, 0.4) is 0 Å². The molecule has 0 saturated heterocycles. The third kappa shape index (κ3) is 5.00. The first-order valence-electron chi connectivity index (χ1n) is 7.65. The Morgan fingerprint density at radius 3 is 2.63 bits per heavy atom. The molecule has 0 aliphatic carbocycles. The van der Waals surface area contributed by atoms with Crippen molar-refractivity contribution in [2.75, 3.05) is 13.1 Å². The lowest BCUT2D eigenvalue weighted by atomic mass is 10.1. The second kappa shape index (κ2) is 8.39. The number of rotatable bonds is 9. The Morgan fingerprint density at radius 1 is 1.32 bits per heavy atom. The zero-order valence-corrected chi connectivity index (χ0v) is 13.3. The molecule has 110 valence electrons. The summed E-state index contributed by atoms with van der Waals surface area (Å²) in [6.45, 7) is 15.0. The largest absolute Gasteiger partial charge is 0.465 e. The fraction of sp³-hybridized carbons (Fsp3) is 0.750. The van der Waals surface area contributed by atoms with Crippen LogP contribution in [0, 0.1) is 6.92 Å². The molecule has 3 heteroatoms. The Kier molecular flexibility index (Phi) is 7.17. The smallest absolute Gasteiger partial charge is 0.118 e. The number of nitrogens with one attached hydrogen (secondary N) is 1. The van der Waals surface area contributed by atoms with Gasteiger partial charge in [-0.15, -0.1) is 0 Å². The van der Waals surface area contributed by atoms with Crippen LogP contribution in [0.2, 0.25) is 0 Å². The van der Waals surface area contributed by atoms with Crippen LogP contribution in [0.4, 0.5) is 0 Å². The van der Waals surface area contributed by atoms with Crippen molar-refractivity contribution in [2.24, 2.45) is 0 Å². The van der Waals surface area contributed by atoms with Crippen molar-refractivity contribution in [3.05, 3.63) is 23.2 Å². The second-order valence-electron chi connectivity index (χ2n) is 5.29. The van der Waals surface area contributed by atoms with Gasteiger partial charge in [0.1, 0.15) is 11.5 Å². The molecule has 1 atom stereocenters. The van der Waals surface area contributed by atoms with Gasteiger partial charge in [0.2, 0.25) is 0 Å². The normalized spacial score (nSPS) is 13.2. The van der Waals surface area contributed by atoms with Gasteiger partial charge in [-0.25, -0.2) is 0 Å². The van der Waals surface area contributed by atoms with Crippen LogP contribution in [0.15, 0.2) is 10.5 Å². The monoisotopic (exact) mass is 266 g/mol. The van der Waals surface area contributed by atoms with Gasteiger partial charge in [-0.3, -0.25) is 4.90 Å². The summed E-state index contributed by atoms with van der Waals surface area (Å²) in [5.41, 5.74) is 1.33. The van der Waals surface area contributed by atoms with Crippen molar-refractivity contribution in [1.29, 1.82) is 0 Å². The molecule has 1 unspecified atom stereocenters. The summed E-state index contributed by atoms with van der Waals surface area (Å²) in [6, 6.07) is 2.84.